The third-order valence-corrected chi connectivity index (χ3v) is 4.46. The number of aromatic nitrogens is 2. The van der Waals surface area contributed by atoms with Crippen LogP contribution in [0.25, 0.3) is 5.69 Å². The van der Waals surface area contributed by atoms with Gasteiger partial charge in [0.05, 0.1) is 22.8 Å². The SMILES string of the molecule is COc1ccccc1-n1nc(C(=O)Nc2cccc(Cl)c2Cl)c(O)cc1=O. The van der Waals surface area contributed by atoms with E-state index in [2.05, 4.69) is 10.4 Å². The van der Waals surface area contributed by atoms with Crippen LogP contribution in [0, 0.1) is 0 Å². The second-order valence-corrected chi connectivity index (χ2v) is 6.14. The highest BCUT2D eigenvalue weighted by Crippen LogP contribution is 2.30. The molecule has 0 aliphatic rings. The van der Waals surface area contributed by atoms with Crippen LogP contribution in [-0.4, -0.2) is 27.9 Å². The van der Waals surface area contributed by atoms with Crippen LogP contribution >= 0.6 is 23.2 Å². The van der Waals surface area contributed by atoms with E-state index in [1.54, 1.807) is 42.5 Å². The standard InChI is InChI=1S/C18H13Cl2N3O4/c1-27-14-8-3-2-7-12(14)23-15(25)9-13(24)17(22-23)18(26)21-11-6-4-5-10(19)16(11)20/h2-9,24H,1H3,(H,21,26). The molecular weight excluding hydrogens is 393 g/mol. The van der Waals surface area contributed by atoms with Gasteiger partial charge in [-0.25, -0.2) is 0 Å². The number of aromatic hydroxyl groups is 1. The monoisotopic (exact) mass is 405 g/mol. The van der Waals surface area contributed by atoms with Gasteiger partial charge in [0.1, 0.15) is 11.4 Å². The maximum absolute atomic E-state index is 12.6. The summed E-state index contributed by atoms with van der Waals surface area (Å²) in [5.41, 5.74) is -0.434. The Hall–Kier alpha value is -3.03. The Labute approximate surface area is 163 Å². The first-order valence-electron chi connectivity index (χ1n) is 7.64. The van der Waals surface area contributed by atoms with Gasteiger partial charge in [0.2, 0.25) is 0 Å². The molecule has 7 nitrogen and oxygen atoms in total. The van der Waals surface area contributed by atoms with Gasteiger partial charge < -0.3 is 15.2 Å². The van der Waals surface area contributed by atoms with Crippen molar-refractivity contribution in [3.05, 3.63) is 74.6 Å². The second-order valence-electron chi connectivity index (χ2n) is 5.36. The molecule has 27 heavy (non-hydrogen) atoms. The van der Waals surface area contributed by atoms with Crippen molar-refractivity contribution < 1.29 is 14.6 Å². The van der Waals surface area contributed by atoms with Crippen LogP contribution in [-0.2, 0) is 0 Å². The third-order valence-electron chi connectivity index (χ3n) is 3.64. The number of ether oxygens (including phenoxy) is 1. The van der Waals surface area contributed by atoms with Crippen LogP contribution in [0.2, 0.25) is 10.0 Å². The lowest BCUT2D eigenvalue weighted by Gasteiger charge is -2.12. The molecule has 9 heteroatoms. The molecule has 138 valence electrons. The Morgan fingerprint density at radius 3 is 2.67 bits per heavy atom. The van der Waals surface area contributed by atoms with Gasteiger partial charge in [0.15, 0.2) is 11.4 Å². The molecule has 3 aromatic rings. The molecule has 0 radical (unpaired) electrons. The van der Waals surface area contributed by atoms with Crippen molar-refractivity contribution in [2.75, 3.05) is 12.4 Å². The maximum atomic E-state index is 12.6. The van der Waals surface area contributed by atoms with Crippen molar-refractivity contribution in [2.45, 2.75) is 0 Å². The van der Waals surface area contributed by atoms with Crippen LogP contribution in [0.1, 0.15) is 10.5 Å². The number of anilines is 1. The first-order chi connectivity index (χ1) is 12.9. The molecule has 1 heterocycles. The molecule has 2 N–H and O–H groups in total. The highest BCUT2D eigenvalue weighted by Gasteiger charge is 2.19. The van der Waals surface area contributed by atoms with Crippen LogP contribution in [0.4, 0.5) is 5.69 Å². The zero-order valence-electron chi connectivity index (χ0n) is 13.9. The topological polar surface area (TPSA) is 93.5 Å². The molecule has 0 aliphatic heterocycles. The van der Waals surface area contributed by atoms with Crippen molar-refractivity contribution in [2.24, 2.45) is 0 Å². The maximum Gasteiger partial charge on any atom is 0.280 e. The van der Waals surface area contributed by atoms with E-state index < -0.39 is 17.2 Å². The number of para-hydroxylation sites is 2. The van der Waals surface area contributed by atoms with Gasteiger partial charge in [-0.1, -0.05) is 41.4 Å². The predicted molar refractivity (Wildman–Crippen MR) is 102 cm³/mol. The fraction of sp³-hybridized carbons (Fsp3) is 0.0556. The number of halogens is 2. The average molecular weight is 406 g/mol. The lowest BCUT2D eigenvalue weighted by atomic mass is 10.2. The summed E-state index contributed by atoms with van der Waals surface area (Å²) in [6.45, 7) is 0. The summed E-state index contributed by atoms with van der Waals surface area (Å²) in [5, 5.41) is 16.9. The van der Waals surface area contributed by atoms with E-state index in [-0.39, 0.29) is 21.4 Å². The number of carbonyl (C=O) groups is 1. The average Bonchev–Trinajstić information content (AvgIpc) is 2.65. The highest BCUT2D eigenvalue weighted by molar-refractivity contribution is 6.44. The number of benzene rings is 2. The number of rotatable bonds is 4. The van der Waals surface area contributed by atoms with Gasteiger partial charge in [0.25, 0.3) is 11.5 Å². The summed E-state index contributed by atoms with van der Waals surface area (Å²) < 4.78 is 6.18. The molecular formula is C18H13Cl2N3O4. The smallest absolute Gasteiger partial charge is 0.280 e. The van der Waals surface area contributed by atoms with Gasteiger partial charge in [-0.05, 0) is 24.3 Å². The summed E-state index contributed by atoms with van der Waals surface area (Å²) in [6.07, 6.45) is 0. The molecule has 0 spiro atoms. The van der Waals surface area contributed by atoms with Crippen LogP contribution in [0.15, 0.2) is 53.3 Å². The summed E-state index contributed by atoms with van der Waals surface area (Å²) in [6, 6.07) is 12.3. The van der Waals surface area contributed by atoms with E-state index >= 15 is 0 Å². The van der Waals surface area contributed by atoms with Gasteiger partial charge in [-0.15, -0.1) is 0 Å². The number of nitrogens with zero attached hydrogens (tertiary/aromatic N) is 2. The van der Waals surface area contributed by atoms with Gasteiger partial charge in [-0.2, -0.15) is 9.78 Å². The Kier molecular flexibility index (Phi) is 5.34. The highest BCUT2D eigenvalue weighted by atomic mass is 35.5. The number of hydrogen-bond donors (Lipinski definition) is 2. The van der Waals surface area contributed by atoms with Gasteiger partial charge in [0, 0.05) is 6.07 Å². The molecule has 0 unspecified atom stereocenters. The van der Waals surface area contributed by atoms with E-state index in [0.717, 1.165) is 10.7 Å². The quantitative estimate of drug-likeness (QED) is 0.692. The normalized spacial score (nSPS) is 10.5. The predicted octanol–water partition coefficient (Wildman–Crippen LogP) is 3.51. The summed E-state index contributed by atoms with van der Waals surface area (Å²) in [4.78, 5) is 24.8. The number of methoxy groups -OCH3 is 1. The minimum absolute atomic E-state index is 0.144. The van der Waals surface area contributed by atoms with Crippen molar-refractivity contribution in [1.29, 1.82) is 0 Å². The van der Waals surface area contributed by atoms with Gasteiger partial charge >= 0.3 is 0 Å². The third kappa shape index (κ3) is 3.74. The van der Waals surface area contributed by atoms with Crippen molar-refractivity contribution in [3.8, 4) is 17.2 Å². The minimum atomic E-state index is -0.764. The summed E-state index contributed by atoms with van der Waals surface area (Å²) >= 11 is 12.0. The number of hydrogen-bond acceptors (Lipinski definition) is 5. The zero-order valence-corrected chi connectivity index (χ0v) is 15.5. The van der Waals surface area contributed by atoms with E-state index in [0.29, 0.717) is 11.4 Å². The molecule has 3 rings (SSSR count). The minimum Gasteiger partial charge on any atom is -0.505 e. The lowest BCUT2D eigenvalue weighted by molar-refractivity contribution is 0.101. The molecule has 0 bridgehead atoms. The number of carbonyl (C=O) groups excluding carboxylic acids is 1. The molecule has 1 aromatic heterocycles. The van der Waals surface area contributed by atoms with Crippen molar-refractivity contribution in [3.63, 3.8) is 0 Å². The molecule has 0 saturated carbocycles. The van der Waals surface area contributed by atoms with Crippen molar-refractivity contribution in [1.82, 2.24) is 9.78 Å². The summed E-state index contributed by atoms with van der Waals surface area (Å²) in [5.74, 6) is -0.954. The van der Waals surface area contributed by atoms with Gasteiger partial charge in [-0.3, -0.25) is 9.59 Å². The summed E-state index contributed by atoms with van der Waals surface area (Å²) in [7, 11) is 1.44. The Morgan fingerprint density at radius 2 is 1.93 bits per heavy atom. The van der Waals surface area contributed by atoms with Crippen LogP contribution < -0.4 is 15.6 Å². The zero-order chi connectivity index (χ0) is 19.6. The van der Waals surface area contributed by atoms with E-state index in [1.165, 1.54) is 7.11 Å². The Balaban J connectivity index is 2.05. The molecule has 1 amide bonds. The fourth-order valence-corrected chi connectivity index (χ4v) is 2.72. The van der Waals surface area contributed by atoms with Crippen LogP contribution in [0.3, 0.4) is 0 Å². The molecule has 0 atom stereocenters. The first-order valence-corrected chi connectivity index (χ1v) is 8.40. The Morgan fingerprint density at radius 1 is 1.19 bits per heavy atom. The molecule has 0 aliphatic carbocycles. The lowest BCUT2D eigenvalue weighted by Crippen LogP contribution is -2.25. The van der Waals surface area contributed by atoms with Crippen molar-refractivity contribution >= 4 is 34.8 Å². The van der Waals surface area contributed by atoms with Crippen LogP contribution in [0.5, 0.6) is 11.5 Å². The van der Waals surface area contributed by atoms with E-state index in [9.17, 15) is 14.7 Å². The van der Waals surface area contributed by atoms with E-state index in [4.69, 9.17) is 27.9 Å². The fourth-order valence-electron chi connectivity index (χ4n) is 2.37. The largest absolute Gasteiger partial charge is 0.505 e. The number of nitrogens with one attached hydrogen (secondary N) is 1. The first kappa shape index (κ1) is 18.8. The molecule has 0 fully saturated rings. The second kappa shape index (κ2) is 7.69. The Bertz CT molecular complexity index is 1080. The molecule has 2 aromatic carbocycles. The number of amides is 1. The molecule has 0 saturated heterocycles. The van der Waals surface area contributed by atoms with E-state index in [1.807, 2.05) is 0 Å².